The maximum atomic E-state index is 5.48. The number of fused-ring (bicyclic) bond motifs is 5. The number of nitrogens with one attached hydrogen (secondary N) is 1. The number of hydrogen-bond donors (Lipinski definition) is 1. The van der Waals surface area contributed by atoms with E-state index in [-0.39, 0.29) is 6.17 Å². The van der Waals surface area contributed by atoms with Crippen LogP contribution in [0.2, 0.25) is 0 Å². The Bertz CT molecular complexity index is 1200. The van der Waals surface area contributed by atoms with Crippen molar-refractivity contribution in [3.05, 3.63) is 59.7 Å². The lowest BCUT2D eigenvalue weighted by Gasteiger charge is -2.42. The zero-order valence-electron chi connectivity index (χ0n) is 20.7. The van der Waals surface area contributed by atoms with E-state index in [1.165, 1.54) is 11.1 Å². The lowest BCUT2D eigenvalue weighted by atomic mass is 10.0. The molecule has 1 atom stereocenters. The minimum atomic E-state index is -0.0403. The number of anilines is 1. The second kappa shape index (κ2) is 9.60. The molecule has 8 nitrogen and oxygen atoms in total. The Morgan fingerprint density at radius 2 is 1.77 bits per heavy atom. The van der Waals surface area contributed by atoms with Crippen LogP contribution in [0.15, 0.2) is 53.5 Å². The fourth-order valence-corrected chi connectivity index (χ4v) is 5.29. The lowest BCUT2D eigenvalue weighted by Crippen LogP contribution is -2.57. The third kappa shape index (κ3) is 4.42. The summed E-state index contributed by atoms with van der Waals surface area (Å²) < 4.78 is 7.81. The molecule has 0 radical (unpaired) electrons. The molecule has 1 aromatic heterocycles. The molecule has 1 fully saturated rings. The van der Waals surface area contributed by atoms with E-state index in [0.717, 1.165) is 75.4 Å². The van der Waals surface area contributed by atoms with Gasteiger partial charge in [-0.3, -0.25) is 19.3 Å². The zero-order chi connectivity index (χ0) is 23.8. The maximum absolute atomic E-state index is 5.48. The number of benzene rings is 2. The summed E-state index contributed by atoms with van der Waals surface area (Å²) in [5.74, 6) is 2.38. The molecule has 0 unspecified atom stereocenters. The molecular formula is C27H35N7O. The van der Waals surface area contributed by atoms with Crippen molar-refractivity contribution in [1.29, 1.82) is 0 Å². The SMILES string of the molecule is CC(C)c1ccc([C@@H]2NC3=NCN(CCCN4CCOCC4)CN3c3nc4ccccc4n32)cc1. The Labute approximate surface area is 207 Å². The van der Waals surface area contributed by atoms with Gasteiger partial charge < -0.3 is 10.1 Å². The molecule has 4 heterocycles. The van der Waals surface area contributed by atoms with E-state index in [1.807, 2.05) is 0 Å². The Morgan fingerprint density at radius 3 is 2.57 bits per heavy atom. The van der Waals surface area contributed by atoms with Gasteiger partial charge in [0.25, 0.3) is 0 Å². The summed E-state index contributed by atoms with van der Waals surface area (Å²) in [6, 6.07) is 17.4. The van der Waals surface area contributed by atoms with Crippen LogP contribution in [-0.2, 0) is 4.74 Å². The number of morpholine rings is 1. The highest BCUT2D eigenvalue weighted by atomic mass is 16.5. The monoisotopic (exact) mass is 473 g/mol. The Balaban J connectivity index is 1.26. The third-order valence-corrected chi connectivity index (χ3v) is 7.33. The van der Waals surface area contributed by atoms with Gasteiger partial charge in [-0.2, -0.15) is 0 Å². The molecule has 0 saturated carbocycles. The van der Waals surface area contributed by atoms with E-state index in [9.17, 15) is 0 Å². The van der Waals surface area contributed by atoms with E-state index in [2.05, 4.69) is 87.0 Å². The first kappa shape index (κ1) is 22.5. The number of nitrogens with zero attached hydrogens (tertiary/aromatic N) is 6. The van der Waals surface area contributed by atoms with Crippen LogP contribution < -0.4 is 10.2 Å². The van der Waals surface area contributed by atoms with Gasteiger partial charge in [0.15, 0.2) is 0 Å². The number of aromatic nitrogens is 2. The topological polar surface area (TPSA) is 61.2 Å². The van der Waals surface area contributed by atoms with Crippen LogP contribution in [0.4, 0.5) is 5.95 Å². The number of ether oxygens (including phenoxy) is 1. The summed E-state index contributed by atoms with van der Waals surface area (Å²) in [7, 11) is 0. The van der Waals surface area contributed by atoms with Crippen molar-refractivity contribution in [2.24, 2.45) is 4.99 Å². The number of imidazole rings is 1. The molecule has 0 bridgehead atoms. The summed E-state index contributed by atoms with van der Waals surface area (Å²) in [4.78, 5) is 17.2. The van der Waals surface area contributed by atoms with Crippen LogP contribution in [0.3, 0.4) is 0 Å². The molecule has 3 aliphatic heterocycles. The fraction of sp³-hybridized carbons (Fsp3) is 0.481. The molecule has 3 aromatic rings. The second-order valence-electron chi connectivity index (χ2n) is 10.0. The summed E-state index contributed by atoms with van der Waals surface area (Å²) in [6.45, 7) is 11.9. The molecular weight excluding hydrogens is 438 g/mol. The normalized spacial score (nSPS) is 21.1. The number of rotatable bonds is 6. The van der Waals surface area contributed by atoms with Gasteiger partial charge in [0.2, 0.25) is 11.9 Å². The zero-order valence-corrected chi connectivity index (χ0v) is 20.7. The van der Waals surface area contributed by atoms with E-state index in [4.69, 9.17) is 14.7 Å². The van der Waals surface area contributed by atoms with E-state index >= 15 is 0 Å². The summed E-state index contributed by atoms with van der Waals surface area (Å²) in [5.41, 5.74) is 4.72. The molecule has 0 spiro atoms. The molecule has 6 rings (SSSR count). The van der Waals surface area contributed by atoms with Crippen LogP contribution in [0.1, 0.15) is 43.5 Å². The minimum absolute atomic E-state index is 0.0403. The van der Waals surface area contributed by atoms with Crippen LogP contribution in [0.25, 0.3) is 11.0 Å². The molecule has 2 aromatic carbocycles. The quantitative estimate of drug-likeness (QED) is 0.592. The summed E-state index contributed by atoms with van der Waals surface area (Å²) in [6.07, 6.45) is 1.09. The van der Waals surface area contributed by atoms with Crippen molar-refractivity contribution in [3.63, 3.8) is 0 Å². The van der Waals surface area contributed by atoms with E-state index in [1.54, 1.807) is 0 Å². The van der Waals surface area contributed by atoms with Crippen molar-refractivity contribution < 1.29 is 4.74 Å². The van der Waals surface area contributed by atoms with Gasteiger partial charge in [-0.15, -0.1) is 0 Å². The van der Waals surface area contributed by atoms with Gasteiger partial charge >= 0.3 is 0 Å². The largest absolute Gasteiger partial charge is 0.379 e. The first-order valence-electron chi connectivity index (χ1n) is 12.9. The second-order valence-corrected chi connectivity index (χ2v) is 10.0. The molecule has 184 valence electrons. The van der Waals surface area contributed by atoms with Gasteiger partial charge in [-0.1, -0.05) is 50.2 Å². The molecule has 0 aliphatic carbocycles. The molecule has 35 heavy (non-hydrogen) atoms. The van der Waals surface area contributed by atoms with E-state index in [0.29, 0.717) is 12.6 Å². The van der Waals surface area contributed by atoms with Crippen molar-refractivity contribution in [2.75, 3.05) is 57.6 Å². The summed E-state index contributed by atoms with van der Waals surface area (Å²) in [5, 5.41) is 3.73. The Hall–Kier alpha value is -2.94. The maximum Gasteiger partial charge on any atom is 0.216 e. The Morgan fingerprint density at radius 1 is 1.00 bits per heavy atom. The third-order valence-electron chi connectivity index (χ3n) is 7.33. The van der Waals surface area contributed by atoms with Crippen LogP contribution in [0.5, 0.6) is 0 Å². The van der Waals surface area contributed by atoms with Crippen molar-refractivity contribution in [3.8, 4) is 0 Å². The van der Waals surface area contributed by atoms with Gasteiger partial charge in [0.05, 0.1) is 37.6 Å². The number of hydrogen-bond acceptors (Lipinski definition) is 7. The van der Waals surface area contributed by atoms with Crippen molar-refractivity contribution in [1.82, 2.24) is 24.7 Å². The Kier molecular flexibility index (Phi) is 6.18. The van der Waals surface area contributed by atoms with Crippen LogP contribution in [0, 0.1) is 0 Å². The first-order chi connectivity index (χ1) is 17.2. The van der Waals surface area contributed by atoms with Gasteiger partial charge in [0, 0.05) is 19.6 Å². The highest BCUT2D eigenvalue weighted by molar-refractivity contribution is 5.98. The molecule has 1 N–H and O–H groups in total. The number of para-hydroxylation sites is 2. The van der Waals surface area contributed by atoms with Gasteiger partial charge in [-0.05, 0) is 42.1 Å². The molecule has 3 aliphatic rings. The molecule has 8 heteroatoms. The first-order valence-corrected chi connectivity index (χ1v) is 12.9. The van der Waals surface area contributed by atoms with Crippen LogP contribution >= 0.6 is 0 Å². The van der Waals surface area contributed by atoms with E-state index < -0.39 is 0 Å². The summed E-state index contributed by atoms with van der Waals surface area (Å²) >= 11 is 0. The predicted octanol–water partition coefficient (Wildman–Crippen LogP) is 3.43. The van der Waals surface area contributed by atoms with Crippen molar-refractivity contribution >= 4 is 22.9 Å². The fourth-order valence-electron chi connectivity index (χ4n) is 5.29. The highest BCUT2D eigenvalue weighted by Gasteiger charge is 2.35. The van der Waals surface area contributed by atoms with Gasteiger partial charge in [-0.25, -0.2) is 9.98 Å². The standard InChI is InChI=1S/C27H35N7O/c1-20(2)21-8-10-22(11-9-21)25-30-26-28-18-32(13-5-12-31-14-16-35-17-15-31)19-33(26)27-29-23-6-3-4-7-24(23)34(25)27/h3-4,6-11,20,25H,5,12-19H2,1-2H3,(H,28,30)/t25-/m1/s1. The van der Waals surface area contributed by atoms with Crippen molar-refractivity contribution in [2.45, 2.75) is 32.4 Å². The number of guanidine groups is 1. The average molecular weight is 474 g/mol. The van der Waals surface area contributed by atoms with Crippen LogP contribution in [-0.4, -0.2) is 78.0 Å². The highest BCUT2D eigenvalue weighted by Crippen LogP contribution is 2.34. The minimum Gasteiger partial charge on any atom is -0.379 e. The van der Waals surface area contributed by atoms with Gasteiger partial charge in [0.1, 0.15) is 6.17 Å². The average Bonchev–Trinajstić information content (AvgIpc) is 3.29. The molecule has 1 saturated heterocycles. The lowest BCUT2D eigenvalue weighted by molar-refractivity contribution is 0.0361. The molecule has 0 amide bonds. The predicted molar refractivity (Wildman–Crippen MR) is 140 cm³/mol. The smallest absolute Gasteiger partial charge is 0.216 e. The number of aliphatic imine (C=N–C) groups is 1.